The van der Waals surface area contributed by atoms with Crippen LogP contribution >= 0.6 is 0 Å². The van der Waals surface area contributed by atoms with Crippen molar-refractivity contribution in [1.82, 2.24) is 10.2 Å². The molecule has 1 fully saturated rings. The second-order valence-electron chi connectivity index (χ2n) is 7.26. The minimum atomic E-state index is -0.846. The molecule has 1 atom stereocenters. The van der Waals surface area contributed by atoms with Crippen molar-refractivity contribution in [2.24, 2.45) is 0 Å². The van der Waals surface area contributed by atoms with E-state index in [1.165, 1.54) is 0 Å². The molecule has 0 radical (unpaired) electrons. The zero-order valence-electron chi connectivity index (χ0n) is 15.9. The third kappa shape index (κ3) is 5.09. The van der Waals surface area contributed by atoms with Crippen molar-refractivity contribution in [3.05, 3.63) is 48.0 Å². The highest BCUT2D eigenvalue weighted by molar-refractivity contribution is 5.91. The van der Waals surface area contributed by atoms with E-state index in [1.54, 1.807) is 4.90 Å². The number of benzene rings is 2. The molecule has 2 amide bonds. The van der Waals surface area contributed by atoms with Crippen LogP contribution in [0.4, 0.5) is 0 Å². The van der Waals surface area contributed by atoms with Gasteiger partial charge in [-0.05, 0) is 42.0 Å². The number of amides is 2. The van der Waals surface area contributed by atoms with Crippen LogP contribution in [0, 0.1) is 0 Å². The lowest BCUT2D eigenvalue weighted by molar-refractivity contribution is -0.140. The van der Waals surface area contributed by atoms with E-state index < -0.39 is 5.97 Å². The topological polar surface area (TPSA) is 86.7 Å². The van der Waals surface area contributed by atoms with E-state index in [1.807, 2.05) is 42.5 Å². The van der Waals surface area contributed by atoms with Crippen LogP contribution in [-0.4, -0.2) is 46.9 Å². The number of rotatable bonds is 7. The molecule has 1 unspecified atom stereocenters. The summed E-state index contributed by atoms with van der Waals surface area (Å²) in [4.78, 5) is 37.5. The number of carboxylic acid groups (broad SMARTS) is 1. The molecule has 1 aliphatic heterocycles. The number of piperidine rings is 1. The Morgan fingerprint density at radius 2 is 1.86 bits per heavy atom. The molecule has 1 aliphatic rings. The van der Waals surface area contributed by atoms with E-state index in [0.29, 0.717) is 13.0 Å². The molecule has 0 aliphatic carbocycles. The molecule has 0 spiro atoms. The van der Waals surface area contributed by atoms with Gasteiger partial charge < -0.3 is 15.3 Å². The van der Waals surface area contributed by atoms with Gasteiger partial charge in [-0.25, -0.2) is 0 Å². The van der Waals surface area contributed by atoms with Crippen LogP contribution in [0.5, 0.6) is 0 Å². The van der Waals surface area contributed by atoms with Crippen molar-refractivity contribution in [2.75, 3.05) is 13.1 Å². The highest BCUT2D eigenvalue weighted by Gasteiger charge is 2.27. The molecule has 2 aromatic carbocycles. The third-order valence-corrected chi connectivity index (χ3v) is 5.31. The minimum absolute atomic E-state index is 0.0484. The molecule has 6 nitrogen and oxygen atoms in total. The van der Waals surface area contributed by atoms with Crippen LogP contribution in [0.1, 0.15) is 37.7 Å². The fourth-order valence-corrected chi connectivity index (χ4v) is 3.88. The Labute approximate surface area is 164 Å². The van der Waals surface area contributed by atoms with Crippen LogP contribution in [0.15, 0.2) is 42.5 Å². The van der Waals surface area contributed by atoms with Gasteiger partial charge in [0, 0.05) is 19.0 Å². The van der Waals surface area contributed by atoms with Gasteiger partial charge in [-0.3, -0.25) is 14.4 Å². The van der Waals surface area contributed by atoms with Gasteiger partial charge in [0.25, 0.3) is 0 Å². The van der Waals surface area contributed by atoms with Gasteiger partial charge in [0.15, 0.2) is 0 Å². The average molecular weight is 382 g/mol. The van der Waals surface area contributed by atoms with E-state index in [4.69, 9.17) is 5.11 Å². The molecular weight excluding hydrogens is 356 g/mol. The Hall–Kier alpha value is -2.89. The van der Waals surface area contributed by atoms with Gasteiger partial charge in [0.05, 0.1) is 13.0 Å². The lowest BCUT2D eigenvalue weighted by Gasteiger charge is -2.35. The molecule has 0 bridgehead atoms. The Balaban J connectivity index is 1.55. The van der Waals surface area contributed by atoms with Gasteiger partial charge in [-0.15, -0.1) is 0 Å². The quantitative estimate of drug-likeness (QED) is 0.771. The van der Waals surface area contributed by atoms with Crippen molar-refractivity contribution < 1.29 is 19.5 Å². The van der Waals surface area contributed by atoms with Crippen LogP contribution in [0.25, 0.3) is 10.8 Å². The van der Waals surface area contributed by atoms with Gasteiger partial charge in [0.1, 0.15) is 0 Å². The van der Waals surface area contributed by atoms with Crippen LogP contribution in [0.3, 0.4) is 0 Å². The maximum absolute atomic E-state index is 12.6. The lowest BCUT2D eigenvalue weighted by Crippen LogP contribution is -2.48. The van der Waals surface area contributed by atoms with E-state index in [2.05, 4.69) is 5.32 Å². The van der Waals surface area contributed by atoms with Crippen LogP contribution < -0.4 is 5.32 Å². The number of carboxylic acids is 1. The van der Waals surface area contributed by atoms with Gasteiger partial charge in [-0.1, -0.05) is 42.5 Å². The van der Waals surface area contributed by atoms with Crippen molar-refractivity contribution in [3.8, 4) is 0 Å². The molecule has 2 aromatic rings. The summed E-state index contributed by atoms with van der Waals surface area (Å²) in [6.07, 6.45) is 3.48. The first-order chi connectivity index (χ1) is 13.5. The molecule has 1 heterocycles. The molecule has 28 heavy (non-hydrogen) atoms. The number of carbonyl (C=O) groups excluding carboxylic acids is 2. The fourth-order valence-electron chi connectivity index (χ4n) is 3.88. The molecule has 1 saturated heterocycles. The molecule has 0 saturated carbocycles. The molecule has 2 N–H and O–H groups in total. The summed E-state index contributed by atoms with van der Waals surface area (Å²) in [6.45, 7) is 0.579. The number of nitrogens with zero attached hydrogens (tertiary/aromatic N) is 1. The average Bonchev–Trinajstić information content (AvgIpc) is 2.71. The molecule has 148 valence electrons. The Bertz CT molecular complexity index is 859. The zero-order valence-corrected chi connectivity index (χ0v) is 15.9. The second kappa shape index (κ2) is 9.35. The first-order valence-corrected chi connectivity index (χ1v) is 9.79. The van der Waals surface area contributed by atoms with Gasteiger partial charge >= 0.3 is 5.97 Å². The summed E-state index contributed by atoms with van der Waals surface area (Å²) >= 11 is 0. The van der Waals surface area contributed by atoms with Gasteiger partial charge in [0.2, 0.25) is 11.8 Å². The monoisotopic (exact) mass is 382 g/mol. The van der Waals surface area contributed by atoms with E-state index in [-0.39, 0.29) is 37.2 Å². The summed E-state index contributed by atoms with van der Waals surface area (Å²) in [6, 6.07) is 13.7. The van der Waals surface area contributed by atoms with Crippen molar-refractivity contribution >= 4 is 28.6 Å². The number of fused-ring (bicyclic) bond motifs is 1. The van der Waals surface area contributed by atoms with Crippen LogP contribution in [0.2, 0.25) is 0 Å². The van der Waals surface area contributed by atoms with E-state index in [9.17, 15) is 14.4 Å². The normalized spacial score (nSPS) is 16.7. The summed E-state index contributed by atoms with van der Waals surface area (Å²) in [5.41, 5.74) is 0.931. The number of carbonyl (C=O) groups is 3. The largest absolute Gasteiger partial charge is 0.481 e. The SMILES string of the molecule is O=C(O)CCC1CCCCN1C(=O)CNC(=O)Cc1cccc2ccccc12. The van der Waals surface area contributed by atoms with Crippen molar-refractivity contribution in [1.29, 1.82) is 0 Å². The molecule has 0 aromatic heterocycles. The maximum atomic E-state index is 12.6. The highest BCUT2D eigenvalue weighted by atomic mass is 16.4. The Kier molecular flexibility index (Phi) is 6.63. The second-order valence-corrected chi connectivity index (χ2v) is 7.26. The van der Waals surface area contributed by atoms with Crippen molar-refractivity contribution in [2.45, 2.75) is 44.6 Å². The zero-order chi connectivity index (χ0) is 19.9. The number of nitrogens with one attached hydrogen (secondary N) is 1. The first kappa shape index (κ1) is 19.9. The Morgan fingerprint density at radius 1 is 1.07 bits per heavy atom. The van der Waals surface area contributed by atoms with Crippen LogP contribution in [-0.2, 0) is 20.8 Å². The van der Waals surface area contributed by atoms with E-state index >= 15 is 0 Å². The minimum Gasteiger partial charge on any atom is -0.481 e. The number of hydrogen-bond donors (Lipinski definition) is 2. The number of aliphatic carboxylic acids is 1. The van der Waals surface area contributed by atoms with E-state index in [0.717, 1.165) is 35.6 Å². The molecule has 3 rings (SSSR count). The predicted molar refractivity (Wildman–Crippen MR) is 107 cm³/mol. The lowest BCUT2D eigenvalue weighted by atomic mass is 9.98. The summed E-state index contributed by atoms with van der Waals surface area (Å²) < 4.78 is 0. The maximum Gasteiger partial charge on any atom is 0.303 e. The predicted octanol–water partition coefficient (Wildman–Crippen LogP) is 2.74. The first-order valence-electron chi connectivity index (χ1n) is 9.79. The smallest absolute Gasteiger partial charge is 0.303 e. The summed E-state index contributed by atoms with van der Waals surface area (Å²) in [7, 11) is 0. The number of likely N-dealkylation sites (tertiary alicyclic amines) is 1. The van der Waals surface area contributed by atoms with Gasteiger partial charge in [-0.2, -0.15) is 0 Å². The Morgan fingerprint density at radius 3 is 2.68 bits per heavy atom. The number of hydrogen-bond acceptors (Lipinski definition) is 3. The standard InChI is InChI=1S/C22H26N2O4/c25-20(14-17-8-5-7-16-6-1-2-10-19(16)17)23-15-21(26)24-13-4-3-9-18(24)11-12-22(27)28/h1-2,5-8,10,18H,3-4,9,11-15H2,(H,23,25)(H,27,28). The third-order valence-electron chi connectivity index (χ3n) is 5.31. The molecular formula is C22H26N2O4. The fraction of sp³-hybridized carbons (Fsp3) is 0.409. The summed E-state index contributed by atoms with van der Waals surface area (Å²) in [5.74, 6) is -1.17. The van der Waals surface area contributed by atoms with Crippen molar-refractivity contribution in [3.63, 3.8) is 0 Å². The summed E-state index contributed by atoms with van der Waals surface area (Å²) in [5, 5.41) is 13.8. The highest BCUT2D eigenvalue weighted by Crippen LogP contribution is 2.21. The molecule has 6 heteroatoms.